The zero-order valence-corrected chi connectivity index (χ0v) is 18.4. The van der Waals surface area contributed by atoms with Gasteiger partial charge in [-0.15, -0.1) is 0 Å². The summed E-state index contributed by atoms with van der Waals surface area (Å²) in [6, 6.07) is 17.6. The average Bonchev–Trinajstić information content (AvgIpc) is 3.35. The Labute approximate surface area is 202 Å². The number of carbonyl (C=O) groups is 1. The van der Waals surface area contributed by atoms with Crippen LogP contribution in [0.4, 0.5) is 29.3 Å². The van der Waals surface area contributed by atoms with Crippen molar-refractivity contribution in [3.8, 4) is 22.8 Å². The molecule has 0 atom stereocenters. The summed E-state index contributed by atoms with van der Waals surface area (Å²) in [7, 11) is 0. The number of amides is 2. The monoisotopic (exact) mass is 490 g/mol. The van der Waals surface area contributed by atoms with Gasteiger partial charge in [-0.3, -0.25) is 5.10 Å². The van der Waals surface area contributed by atoms with E-state index in [0.29, 0.717) is 28.5 Å². The van der Waals surface area contributed by atoms with Crippen molar-refractivity contribution >= 4 is 28.4 Å². The molecule has 0 aliphatic carbocycles. The molecule has 0 radical (unpaired) electrons. The Morgan fingerprint density at radius 2 is 1.53 bits per heavy atom. The van der Waals surface area contributed by atoms with Gasteiger partial charge in [-0.1, -0.05) is 12.1 Å². The normalized spacial score (nSPS) is 11.3. The number of aromatic amines is 1. The number of ether oxygens (including phenoxy) is 1. The number of nitrogens with zero attached hydrogens (tertiary/aromatic N) is 3. The summed E-state index contributed by atoms with van der Waals surface area (Å²) >= 11 is 0. The number of carbonyl (C=O) groups excluding carboxylic acids is 1. The third kappa shape index (κ3) is 4.94. The molecule has 0 fully saturated rings. The number of urea groups is 1. The predicted molar refractivity (Wildman–Crippen MR) is 128 cm³/mol. The van der Waals surface area contributed by atoms with Crippen LogP contribution >= 0.6 is 0 Å². The minimum Gasteiger partial charge on any atom is -0.457 e. The van der Waals surface area contributed by atoms with E-state index in [2.05, 4.69) is 30.8 Å². The van der Waals surface area contributed by atoms with Crippen molar-refractivity contribution in [1.29, 1.82) is 0 Å². The van der Waals surface area contributed by atoms with Gasteiger partial charge >= 0.3 is 12.2 Å². The van der Waals surface area contributed by atoms with Crippen LogP contribution in [-0.2, 0) is 6.18 Å². The molecule has 0 unspecified atom stereocenters. The molecule has 2 heterocycles. The van der Waals surface area contributed by atoms with Gasteiger partial charge in [0.2, 0.25) is 0 Å². The summed E-state index contributed by atoms with van der Waals surface area (Å²) in [5.74, 6) is 1.09. The molecule has 3 N–H and O–H groups in total. The van der Waals surface area contributed by atoms with Crippen LogP contribution in [0.25, 0.3) is 22.3 Å². The third-order valence-corrected chi connectivity index (χ3v) is 5.20. The molecule has 0 aliphatic rings. The van der Waals surface area contributed by atoms with Crippen LogP contribution < -0.4 is 15.4 Å². The Morgan fingerprint density at radius 3 is 2.22 bits per heavy atom. The maximum atomic E-state index is 12.7. The first-order valence-corrected chi connectivity index (χ1v) is 10.6. The summed E-state index contributed by atoms with van der Waals surface area (Å²) in [5, 5.41) is 12.7. The van der Waals surface area contributed by atoms with Gasteiger partial charge in [0.25, 0.3) is 0 Å². The minimum atomic E-state index is -4.44. The second-order valence-electron chi connectivity index (χ2n) is 7.63. The van der Waals surface area contributed by atoms with Gasteiger partial charge in [0.15, 0.2) is 5.65 Å². The topological polar surface area (TPSA) is 105 Å². The Morgan fingerprint density at radius 1 is 0.861 bits per heavy atom. The maximum absolute atomic E-state index is 12.7. The average molecular weight is 490 g/mol. The highest BCUT2D eigenvalue weighted by atomic mass is 19.4. The number of alkyl halides is 3. The standard InChI is InChI=1S/C25H17F3N6O2/c26-25(27,28)15-5-7-16(8-6-15)32-24(35)33-17-9-11-18(12-10-17)36-21-4-2-1-3-19(21)22-20-13-31-34-23(20)30-14-29-22/h1-14H,(H2,32,33,35)(H,29,30,31,34). The molecule has 5 aromatic rings. The Kier molecular flexibility index (Phi) is 5.95. The van der Waals surface area contributed by atoms with E-state index < -0.39 is 17.8 Å². The van der Waals surface area contributed by atoms with Crippen LogP contribution in [0, 0.1) is 0 Å². The molecule has 36 heavy (non-hydrogen) atoms. The summed E-state index contributed by atoms with van der Waals surface area (Å²) in [6.45, 7) is 0. The summed E-state index contributed by atoms with van der Waals surface area (Å²) in [4.78, 5) is 20.8. The van der Waals surface area contributed by atoms with Gasteiger partial charge in [0.1, 0.15) is 17.8 Å². The van der Waals surface area contributed by atoms with E-state index in [1.165, 1.54) is 18.5 Å². The lowest BCUT2D eigenvalue weighted by molar-refractivity contribution is -0.137. The highest BCUT2D eigenvalue weighted by molar-refractivity contribution is 5.99. The van der Waals surface area contributed by atoms with Crippen molar-refractivity contribution in [2.24, 2.45) is 0 Å². The van der Waals surface area contributed by atoms with Crippen molar-refractivity contribution in [3.05, 3.63) is 90.9 Å². The SMILES string of the molecule is O=C(Nc1ccc(Oc2ccccc2-c2ncnc3[nH]ncc23)cc1)Nc1ccc(C(F)(F)F)cc1. The van der Waals surface area contributed by atoms with E-state index in [1.807, 2.05) is 24.3 Å². The number of H-pyrrole nitrogens is 1. The van der Waals surface area contributed by atoms with Crippen molar-refractivity contribution in [2.75, 3.05) is 10.6 Å². The number of halogens is 3. The number of fused-ring (bicyclic) bond motifs is 1. The molecule has 2 amide bonds. The number of hydrogen-bond acceptors (Lipinski definition) is 5. The molecule has 5 rings (SSSR count). The third-order valence-electron chi connectivity index (χ3n) is 5.20. The first-order chi connectivity index (χ1) is 17.4. The van der Waals surface area contributed by atoms with Gasteiger partial charge < -0.3 is 15.4 Å². The van der Waals surface area contributed by atoms with Gasteiger partial charge in [0, 0.05) is 16.9 Å². The Balaban J connectivity index is 1.26. The zero-order chi connectivity index (χ0) is 25.1. The molecule has 3 aromatic carbocycles. The van der Waals surface area contributed by atoms with Crippen LogP contribution in [0.5, 0.6) is 11.5 Å². The largest absolute Gasteiger partial charge is 0.457 e. The fraction of sp³-hybridized carbons (Fsp3) is 0.0400. The van der Waals surface area contributed by atoms with E-state index >= 15 is 0 Å². The van der Waals surface area contributed by atoms with Crippen molar-refractivity contribution in [2.45, 2.75) is 6.18 Å². The fourth-order valence-electron chi connectivity index (χ4n) is 3.50. The van der Waals surface area contributed by atoms with Crippen molar-refractivity contribution in [1.82, 2.24) is 20.2 Å². The number of anilines is 2. The number of benzene rings is 3. The van der Waals surface area contributed by atoms with Crippen molar-refractivity contribution in [3.63, 3.8) is 0 Å². The quantitative estimate of drug-likeness (QED) is 0.262. The molecule has 0 aliphatic heterocycles. The number of para-hydroxylation sites is 1. The lowest BCUT2D eigenvalue weighted by atomic mass is 10.1. The van der Waals surface area contributed by atoms with Gasteiger partial charge in [-0.2, -0.15) is 18.3 Å². The van der Waals surface area contributed by atoms with Crippen LogP contribution in [0.15, 0.2) is 85.3 Å². The molecule has 0 bridgehead atoms. The molecule has 2 aromatic heterocycles. The van der Waals surface area contributed by atoms with Crippen LogP contribution in [0.2, 0.25) is 0 Å². The van der Waals surface area contributed by atoms with E-state index in [4.69, 9.17) is 4.74 Å². The number of rotatable bonds is 5. The first kappa shape index (κ1) is 22.8. The highest BCUT2D eigenvalue weighted by Gasteiger charge is 2.30. The number of nitrogens with one attached hydrogen (secondary N) is 3. The zero-order valence-electron chi connectivity index (χ0n) is 18.4. The van der Waals surface area contributed by atoms with Crippen molar-refractivity contribution < 1.29 is 22.7 Å². The molecule has 8 nitrogen and oxygen atoms in total. The van der Waals surface area contributed by atoms with E-state index in [-0.39, 0.29) is 5.69 Å². The summed E-state index contributed by atoms with van der Waals surface area (Å²) in [6.07, 6.45) is -1.34. The van der Waals surface area contributed by atoms with Crippen LogP contribution in [-0.4, -0.2) is 26.2 Å². The molecule has 180 valence electrons. The van der Waals surface area contributed by atoms with Gasteiger partial charge in [-0.25, -0.2) is 14.8 Å². The second kappa shape index (κ2) is 9.37. The maximum Gasteiger partial charge on any atom is 0.416 e. The summed E-state index contributed by atoms with van der Waals surface area (Å²) < 4.78 is 44.1. The number of aromatic nitrogens is 4. The molecule has 0 saturated carbocycles. The lowest BCUT2D eigenvalue weighted by Crippen LogP contribution is -2.19. The fourth-order valence-corrected chi connectivity index (χ4v) is 3.50. The smallest absolute Gasteiger partial charge is 0.416 e. The minimum absolute atomic E-state index is 0.230. The van der Waals surface area contributed by atoms with Gasteiger partial charge in [-0.05, 0) is 60.7 Å². The van der Waals surface area contributed by atoms with Crippen LogP contribution in [0.1, 0.15) is 5.56 Å². The van der Waals surface area contributed by atoms with E-state index in [0.717, 1.165) is 23.1 Å². The highest BCUT2D eigenvalue weighted by Crippen LogP contribution is 2.35. The van der Waals surface area contributed by atoms with E-state index in [1.54, 1.807) is 30.5 Å². The molecular weight excluding hydrogens is 473 g/mol. The second-order valence-corrected chi connectivity index (χ2v) is 7.63. The Bertz CT molecular complexity index is 1520. The molecular formula is C25H17F3N6O2. The molecule has 0 spiro atoms. The number of hydrogen-bond donors (Lipinski definition) is 3. The molecule has 0 saturated heterocycles. The Hall–Kier alpha value is -4.93. The lowest BCUT2D eigenvalue weighted by Gasteiger charge is -2.12. The predicted octanol–water partition coefficient (Wildman–Crippen LogP) is 6.48. The first-order valence-electron chi connectivity index (χ1n) is 10.6. The van der Waals surface area contributed by atoms with E-state index in [9.17, 15) is 18.0 Å². The summed E-state index contributed by atoms with van der Waals surface area (Å²) in [5.41, 5.74) is 1.94. The van der Waals surface area contributed by atoms with Crippen LogP contribution in [0.3, 0.4) is 0 Å². The molecule has 11 heteroatoms. The van der Waals surface area contributed by atoms with Gasteiger partial charge in [0.05, 0.1) is 22.8 Å².